The van der Waals surface area contributed by atoms with Gasteiger partial charge >= 0.3 is 0 Å². The molecule has 0 N–H and O–H groups in total. The minimum absolute atomic E-state index is 0.478. The van der Waals surface area contributed by atoms with Crippen LogP contribution in [0.1, 0.15) is 60.3 Å². The van der Waals surface area contributed by atoms with Crippen molar-refractivity contribution in [1.82, 2.24) is 0 Å². The Labute approximate surface area is 119 Å². The fraction of sp³-hybridized carbons (Fsp3) is 0.667. The van der Waals surface area contributed by atoms with E-state index in [1.807, 2.05) is 13.8 Å². The van der Waals surface area contributed by atoms with Crippen molar-refractivity contribution in [3.63, 3.8) is 0 Å². The third-order valence-corrected chi connectivity index (χ3v) is 4.45. The van der Waals surface area contributed by atoms with Crippen LogP contribution in [0.4, 0.5) is 0 Å². The first-order valence-corrected chi connectivity index (χ1v) is 7.67. The average molecular weight is 262 g/mol. The first-order valence-electron chi connectivity index (χ1n) is 7.67. The van der Waals surface area contributed by atoms with Gasteiger partial charge < -0.3 is 4.74 Å². The maximum absolute atomic E-state index is 5.52. The molecule has 2 aliphatic rings. The van der Waals surface area contributed by atoms with Crippen molar-refractivity contribution in [2.24, 2.45) is 5.41 Å². The molecule has 1 nitrogen and oxygen atoms in total. The van der Waals surface area contributed by atoms with Gasteiger partial charge in [0.05, 0.1) is 0 Å². The number of ether oxygens (including phenoxy) is 1. The molecule has 2 rings (SSSR count). The summed E-state index contributed by atoms with van der Waals surface area (Å²) in [5.41, 5.74) is 6.24. The van der Waals surface area contributed by atoms with Crippen LogP contribution >= 0.6 is 0 Å². The number of allylic oxidation sites excluding steroid dienone is 5. The molecule has 0 atom stereocenters. The van der Waals surface area contributed by atoms with E-state index in [-0.39, 0.29) is 0 Å². The molecule has 1 aliphatic heterocycles. The zero-order valence-electron chi connectivity index (χ0n) is 13.4. The molecule has 0 radical (unpaired) electrons. The molecule has 0 bridgehead atoms. The lowest BCUT2D eigenvalue weighted by Crippen LogP contribution is -2.27. The Bertz CT molecular complexity index is 378. The minimum atomic E-state index is 0.478. The van der Waals surface area contributed by atoms with Crippen LogP contribution in [0.2, 0.25) is 0 Å². The highest BCUT2D eigenvalue weighted by Crippen LogP contribution is 2.51. The molecule has 0 aromatic heterocycles. The molecule has 1 spiro atoms. The van der Waals surface area contributed by atoms with Gasteiger partial charge in [0.15, 0.2) is 0 Å². The maximum Gasteiger partial charge on any atom is 0.0471 e. The van der Waals surface area contributed by atoms with E-state index in [4.69, 9.17) is 4.74 Å². The summed E-state index contributed by atoms with van der Waals surface area (Å²) in [6.45, 7) is 16.6. The quantitative estimate of drug-likeness (QED) is 0.643. The van der Waals surface area contributed by atoms with Crippen LogP contribution in [0.3, 0.4) is 0 Å². The summed E-state index contributed by atoms with van der Waals surface area (Å²) < 4.78 is 5.52. The minimum Gasteiger partial charge on any atom is -0.381 e. The lowest BCUT2D eigenvalue weighted by atomic mass is 9.76. The lowest BCUT2D eigenvalue weighted by Gasteiger charge is -2.34. The summed E-state index contributed by atoms with van der Waals surface area (Å²) in [4.78, 5) is 0. The van der Waals surface area contributed by atoms with E-state index < -0.39 is 0 Å². The summed E-state index contributed by atoms with van der Waals surface area (Å²) in [5, 5.41) is 0. The molecule has 0 aromatic carbocycles. The summed E-state index contributed by atoms with van der Waals surface area (Å²) in [6, 6.07) is 0. The molecule has 1 heterocycles. The third kappa shape index (κ3) is 3.60. The fourth-order valence-corrected chi connectivity index (χ4v) is 3.14. The van der Waals surface area contributed by atoms with E-state index >= 15 is 0 Å². The number of hydrogen-bond donors (Lipinski definition) is 0. The average Bonchev–Trinajstić information content (AvgIpc) is 2.80. The smallest absolute Gasteiger partial charge is 0.0471 e. The van der Waals surface area contributed by atoms with Gasteiger partial charge in [-0.3, -0.25) is 0 Å². The maximum atomic E-state index is 5.52. The van der Waals surface area contributed by atoms with Crippen molar-refractivity contribution >= 4 is 0 Å². The Balaban J connectivity index is 0.000000861. The molecule has 19 heavy (non-hydrogen) atoms. The Kier molecular flexibility index (Phi) is 6.06. The fourth-order valence-electron chi connectivity index (χ4n) is 3.14. The van der Waals surface area contributed by atoms with Gasteiger partial charge in [-0.15, -0.1) is 0 Å². The second-order valence-corrected chi connectivity index (χ2v) is 5.68. The van der Waals surface area contributed by atoms with Gasteiger partial charge in [0.2, 0.25) is 0 Å². The van der Waals surface area contributed by atoms with Crippen molar-refractivity contribution in [3.05, 3.63) is 34.9 Å². The molecule has 1 saturated heterocycles. The van der Waals surface area contributed by atoms with E-state index in [1.165, 1.54) is 42.4 Å². The van der Waals surface area contributed by atoms with Crippen LogP contribution in [-0.4, -0.2) is 13.2 Å². The largest absolute Gasteiger partial charge is 0.381 e. The summed E-state index contributed by atoms with van der Waals surface area (Å²) >= 11 is 0. The van der Waals surface area contributed by atoms with Gasteiger partial charge in [-0.2, -0.15) is 0 Å². The van der Waals surface area contributed by atoms with Gasteiger partial charge in [0.25, 0.3) is 0 Å². The molecule has 0 unspecified atom stereocenters. The van der Waals surface area contributed by atoms with Gasteiger partial charge in [0, 0.05) is 13.2 Å². The van der Waals surface area contributed by atoms with Crippen molar-refractivity contribution in [2.45, 2.75) is 60.3 Å². The zero-order chi connectivity index (χ0) is 14.5. The van der Waals surface area contributed by atoms with Crippen molar-refractivity contribution in [2.75, 3.05) is 13.2 Å². The molecule has 1 fully saturated rings. The van der Waals surface area contributed by atoms with Crippen LogP contribution in [0.15, 0.2) is 34.9 Å². The molecular formula is C18H30O. The predicted octanol–water partition coefficient (Wildman–Crippen LogP) is 5.44. The van der Waals surface area contributed by atoms with Crippen LogP contribution < -0.4 is 0 Å². The van der Waals surface area contributed by atoms with Gasteiger partial charge in [-0.05, 0) is 63.0 Å². The standard InChI is InChI=1S/C16H24O.C2H6/c1-5-13(4)15-11-16(6-8-17-9-7-16)10-14(15)12(2)3;1-2/h5H,2,6-11H2,1,3-4H3;1-2H3/b13-5-;. The molecule has 0 saturated carbocycles. The highest BCUT2D eigenvalue weighted by atomic mass is 16.5. The Hall–Kier alpha value is -0.820. The van der Waals surface area contributed by atoms with Crippen LogP contribution in [0.25, 0.3) is 0 Å². The van der Waals surface area contributed by atoms with E-state index in [2.05, 4.69) is 33.4 Å². The van der Waals surface area contributed by atoms with Gasteiger partial charge in [0.1, 0.15) is 0 Å². The Morgan fingerprint density at radius 3 is 2.11 bits per heavy atom. The molecule has 1 heteroatoms. The van der Waals surface area contributed by atoms with E-state index in [9.17, 15) is 0 Å². The number of rotatable bonds is 2. The molecule has 108 valence electrons. The Morgan fingerprint density at radius 2 is 1.63 bits per heavy atom. The van der Waals surface area contributed by atoms with E-state index in [1.54, 1.807) is 5.57 Å². The monoisotopic (exact) mass is 262 g/mol. The zero-order valence-corrected chi connectivity index (χ0v) is 13.4. The first-order chi connectivity index (χ1) is 9.08. The SMILES string of the molecule is C=C(C)C1=C(/C(C)=C\C)CC2(CCOCC2)C1.CC. The van der Waals surface area contributed by atoms with Crippen LogP contribution in [0, 0.1) is 5.41 Å². The van der Waals surface area contributed by atoms with Gasteiger partial charge in [-0.25, -0.2) is 0 Å². The topological polar surface area (TPSA) is 9.23 Å². The van der Waals surface area contributed by atoms with E-state index in [0.717, 1.165) is 13.2 Å². The summed E-state index contributed by atoms with van der Waals surface area (Å²) in [6.07, 6.45) is 7.10. The van der Waals surface area contributed by atoms with Crippen molar-refractivity contribution in [3.8, 4) is 0 Å². The van der Waals surface area contributed by atoms with E-state index in [0.29, 0.717) is 5.41 Å². The van der Waals surface area contributed by atoms with Crippen LogP contribution in [-0.2, 0) is 4.74 Å². The third-order valence-electron chi connectivity index (χ3n) is 4.45. The normalized spacial score (nSPS) is 22.3. The first kappa shape index (κ1) is 16.2. The van der Waals surface area contributed by atoms with Crippen molar-refractivity contribution < 1.29 is 4.74 Å². The molecule has 0 aromatic rings. The van der Waals surface area contributed by atoms with Crippen LogP contribution in [0.5, 0.6) is 0 Å². The number of hydrogen-bond acceptors (Lipinski definition) is 1. The van der Waals surface area contributed by atoms with Crippen molar-refractivity contribution in [1.29, 1.82) is 0 Å². The second-order valence-electron chi connectivity index (χ2n) is 5.68. The highest BCUT2D eigenvalue weighted by molar-refractivity contribution is 5.47. The molecule has 0 amide bonds. The predicted molar refractivity (Wildman–Crippen MR) is 84.3 cm³/mol. The second kappa shape index (κ2) is 7.09. The molecule has 1 aliphatic carbocycles. The summed E-state index contributed by atoms with van der Waals surface area (Å²) in [7, 11) is 0. The molecular weight excluding hydrogens is 232 g/mol. The van der Waals surface area contributed by atoms with Gasteiger partial charge in [-0.1, -0.05) is 37.6 Å². The summed E-state index contributed by atoms with van der Waals surface area (Å²) in [5.74, 6) is 0. The lowest BCUT2D eigenvalue weighted by molar-refractivity contribution is 0.0199. The Morgan fingerprint density at radius 1 is 1.11 bits per heavy atom. The highest BCUT2D eigenvalue weighted by Gasteiger charge is 2.40.